The summed E-state index contributed by atoms with van der Waals surface area (Å²) in [4.78, 5) is 13.7. The largest absolute Gasteiger partial charge is 0.489 e. The van der Waals surface area contributed by atoms with Gasteiger partial charge in [0.25, 0.3) is 0 Å². The van der Waals surface area contributed by atoms with E-state index in [2.05, 4.69) is 0 Å². The van der Waals surface area contributed by atoms with E-state index in [1.807, 2.05) is 0 Å². The van der Waals surface area contributed by atoms with Gasteiger partial charge in [-0.2, -0.15) is 5.26 Å². The third-order valence-corrected chi connectivity index (χ3v) is 3.03. The van der Waals surface area contributed by atoms with Crippen molar-refractivity contribution in [3.8, 4) is 11.8 Å². The molecule has 1 aliphatic rings. The van der Waals surface area contributed by atoms with Gasteiger partial charge in [0.1, 0.15) is 17.5 Å². The Morgan fingerprint density at radius 2 is 2.09 bits per heavy atom. The summed E-state index contributed by atoms with van der Waals surface area (Å²) in [6, 6.07) is 0.0413. The van der Waals surface area contributed by atoms with Gasteiger partial charge in [-0.05, 0) is 57.8 Å². The van der Waals surface area contributed by atoms with E-state index in [4.69, 9.17) is 20.2 Å². The summed E-state index contributed by atoms with van der Waals surface area (Å²) in [5, 5.41) is 8.99. The molecule has 5 nitrogen and oxygen atoms in total. The number of hydrogen-bond donors (Lipinski definition) is 0. The lowest BCUT2D eigenvalue weighted by Crippen LogP contribution is -2.46. The molecule has 1 amide bonds. The Hall–Kier alpha value is -2.22. The topological polar surface area (TPSA) is 62.6 Å². The molecule has 1 saturated heterocycles. The Balaban J connectivity index is 2.19. The van der Waals surface area contributed by atoms with Crippen molar-refractivity contribution >= 4 is 6.09 Å². The molecule has 0 bridgehead atoms. The fraction of sp³-hybridized carbons (Fsp3) is 0.529. The Bertz CT molecular complexity index is 727. The van der Waals surface area contributed by atoms with Crippen molar-refractivity contribution in [2.45, 2.75) is 45.3 Å². The van der Waals surface area contributed by atoms with Crippen molar-refractivity contribution in [1.29, 1.82) is 5.26 Å². The van der Waals surface area contributed by atoms with Gasteiger partial charge in [0.15, 0.2) is 0 Å². The normalized spacial score (nSPS) is 21.0. The van der Waals surface area contributed by atoms with Crippen LogP contribution in [0.25, 0.3) is 0 Å². The van der Waals surface area contributed by atoms with Crippen LogP contribution >= 0.6 is 0 Å². The van der Waals surface area contributed by atoms with Gasteiger partial charge < -0.3 is 14.4 Å². The Kier molecular flexibility index (Phi) is 3.46. The van der Waals surface area contributed by atoms with E-state index in [1.54, 1.807) is 26.8 Å². The Labute approximate surface area is 137 Å². The predicted octanol–water partition coefficient (Wildman–Crippen LogP) is 3.34. The number of piperidine rings is 1. The second-order valence-corrected chi connectivity index (χ2v) is 6.12. The van der Waals surface area contributed by atoms with E-state index in [9.17, 15) is 4.79 Å². The molecule has 1 aromatic carbocycles. The molecular formula is C17H22N2O3. The number of amides is 1. The molecule has 118 valence electrons. The van der Waals surface area contributed by atoms with Crippen LogP contribution in [-0.2, 0) is 4.74 Å². The molecule has 0 aromatic heterocycles. The standard InChI is InChI=1S/C17H22N2O3/c1-17(2,3)22-16(20)19-10-4-5-15(12-19)21-14-8-6-13(11-18)7-9-14/h6-9,15H,4-5,10,12H2,1-3H3/i6D,7D,8D,9D. The van der Waals surface area contributed by atoms with E-state index in [0.29, 0.717) is 19.4 Å². The van der Waals surface area contributed by atoms with Crippen LogP contribution in [0.4, 0.5) is 4.79 Å². The Morgan fingerprint density at radius 1 is 1.41 bits per heavy atom. The Morgan fingerprint density at radius 3 is 2.68 bits per heavy atom. The lowest BCUT2D eigenvalue weighted by atomic mass is 10.1. The number of likely N-dealkylation sites (tertiary alicyclic amines) is 1. The van der Waals surface area contributed by atoms with Gasteiger partial charge >= 0.3 is 6.09 Å². The smallest absolute Gasteiger partial charge is 0.410 e. The zero-order chi connectivity index (χ0) is 19.6. The third kappa shape index (κ3) is 4.66. The summed E-state index contributed by atoms with van der Waals surface area (Å²) in [5.41, 5.74) is -0.924. The zero-order valence-electron chi connectivity index (χ0n) is 17.0. The number of carbonyl (C=O) groups is 1. The van der Waals surface area contributed by atoms with Crippen LogP contribution in [0, 0.1) is 11.3 Å². The van der Waals surface area contributed by atoms with E-state index >= 15 is 0 Å². The highest BCUT2D eigenvalue weighted by molar-refractivity contribution is 5.68. The molecule has 0 N–H and O–H groups in total. The zero-order valence-corrected chi connectivity index (χ0v) is 13.0. The third-order valence-electron chi connectivity index (χ3n) is 3.03. The minimum Gasteiger partial charge on any atom is -0.489 e. The second-order valence-electron chi connectivity index (χ2n) is 6.12. The number of nitriles is 1. The molecule has 1 atom stereocenters. The SMILES string of the molecule is [2H]c1c([2H])c(OC2CCCN(C(=O)OC(C)(C)C)C2)c([2H])c([2H])c1C#N. The molecule has 1 unspecified atom stereocenters. The maximum atomic E-state index is 12.2. The van der Waals surface area contributed by atoms with E-state index in [0.717, 1.165) is 0 Å². The van der Waals surface area contributed by atoms with Crippen LogP contribution in [0.3, 0.4) is 0 Å². The van der Waals surface area contributed by atoms with Gasteiger partial charge in [0.05, 0.1) is 23.7 Å². The molecule has 5 heteroatoms. The van der Waals surface area contributed by atoms with Crippen LogP contribution < -0.4 is 4.74 Å². The van der Waals surface area contributed by atoms with Gasteiger partial charge in [-0.15, -0.1) is 0 Å². The van der Waals surface area contributed by atoms with Crippen LogP contribution in [0.2, 0.25) is 0 Å². The molecule has 2 rings (SSSR count). The van der Waals surface area contributed by atoms with Crippen molar-refractivity contribution in [3.63, 3.8) is 0 Å². The quantitative estimate of drug-likeness (QED) is 0.840. The number of hydrogen-bond acceptors (Lipinski definition) is 4. The molecule has 1 aromatic rings. The summed E-state index contributed by atoms with van der Waals surface area (Å²) >= 11 is 0. The van der Waals surface area contributed by atoms with Crippen LogP contribution in [0.5, 0.6) is 5.75 Å². The summed E-state index contributed by atoms with van der Waals surface area (Å²) in [6.07, 6.45) is 0.350. The molecule has 0 spiro atoms. The minimum atomic E-state index is -0.610. The lowest BCUT2D eigenvalue weighted by molar-refractivity contribution is 0.00776. The molecule has 1 aliphatic heterocycles. The van der Waals surface area contributed by atoms with Crippen molar-refractivity contribution in [2.24, 2.45) is 0 Å². The lowest BCUT2D eigenvalue weighted by Gasteiger charge is -2.34. The number of nitrogens with zero attached hydrogens (tertiary/aromatic N) is 2. The van der Waals surface area contributed by atoms with Crippen molar-refractivity contribution in [2.75, 3.05) is 13.1 Å². The number of rotatable bonds is 2. The monoisotopic (exact) mass is 306 g/mol. The summed E-state index contributed by atoms with van der Waals surface area (Å²) in [6.45, 7) is 6.10. The van der Waals surface area contributed by atoms with Crippen LogP contribution in [0.1, 0.15) is 44.7 Å². The highest BCUT2D eigenvalue weighted by atomic mass is 16.6. The molecule has 0 saturated carbocycles. The first-order chi connectivity index (χ1) is 12.0. The van der Waals surface area contributed by atoms with Gasteiger partial charge in [0.2, 0.25) is 0 Å². The second kappa shape index (κ2) is 6.69. The number of benzene rings is 1. The predicted molar refractivity (Wildman–Crippen MR) is 82.6 cm³/mol. The highest BCUT2D eigenvalue weighted by Crippen LogP contribution is 2.20. The van der Waals surface area contributed by atoms with Crippen LogP contribution in [0.15, 0.2) is 24.2 Å². The highest BCUT2D eigenvalue weighted by Gasteiger charge is 2.28. The van der Waals surface area contributed by atoms with E-state index < -0.39 is 42.0 Å². The average molecular weight is 306 g/mol. The maximum Gasteiger partial charge on any atom is 0.410 e. The number of carbonyl (C=O) groups excluding carboxylic acids is 1. The fourth-order valence-electron chi connectivity index (χ4n) is 2.11. The van der Waals surface area contributed by atoms with Gasteiger partial charge in [-0.3, -0.25) is 0 Å². The first-order valence-electron chi connectivity index (χ1n) is 9.20. The average Bonchev–Trinajstić information content (AvgIpc) is 2.56. The van der Waals surface area contributed by atoms with Gasteiger partial charge in [0, 0.05) is 6.54 Å². The van der Waals surface area contributed by atoms with Crippen molar-refractivity contribution in [3.05, 3.63) is 29.7 Å². The van der Waals surface area contributed by atoms with E-state index in [-0.39, 0.29) is 17.9 Å². The van der Waals surface area contributed by atoms with Crippen LogP contribution in [-0.4, -0.2) is 35.8 Å². The number of ether oxygens (including phenoxy) is 2. The molecule has 1 heterocycles. The molecule has 22 heavy (non-hydrogen) atoms. The van der Waals surface area contributed by atoms with Crippen molar-refractivity contribution in [1.82, 2.24) is 4.90 Å². The van der Waals surface area contributed by atoms with Gasteiger partial charge in [-0.25, -0.2) is 4.79 Å². The summed E-state index contributed by atoms with van der Waals surface area (Å²) in [5.74, 6) is -0.199. The maximum absolute atomic E-state index is 12.2. The molecule has 0 aliphatic carbocycles. The fourth-order valence-corrected chi connectivity index (χ4v) is 2.11. The molecule has 0 radical (unpaired) electrons. The van der Waals surface area contributed by atoms with Crippen molar-refractivity contribution < 1.29 is 19.8 Å². The first-order valence-corrected chi connectivity index (χ1v) is 7.20. The molecular weight excluding hydrogens is 280 g/mol. The minimum absolute atomic E-state index is 0.199. The van der Waals surface area contributed by atoms with E-state index in [1.165, 1.54) is 4.90 Å². The molecule has 1 fully saturated rings. The van der Waals surface area contributed by atoms with Gasteiger partial charge in [-0.1, -0.05) is 0 Å². The first kappa shape index (κ1) is 11.4. The summed E-state index contributed by atoms with van der Waals surface area (Å²) in [7, 11) is 0. The summed E-state index contributed by atoms with van der Waals surface area (Å²) < 4.78 is 42.7.